The highest BCUT2D eigenvalue weighted by Gasteiger charge is 2.20. The molecule has 2 rings (SSSR count). The summed E-state index contributed by atoms with van der Waals surface area (Å²) in [6, 6.07) is 0.579. The van der Waals surface area contributed by atoms with Crippen LogP contribution >= 0.6 is 0 Å². The molecule has 0 saturated carbocycles. The molecule has 1 saturated heterocycles. The van der Waals surface area contributed by atoms with E-state index < -0.39 is 0 Å². The van der Waals surface area contributed by atoms with Crippen molar-refractivity contribution in [3.63, 3.8) is 0 Å². The molecule has 1 unspecified atom stereocenters. The predicted molar refractivity (Wildman–Crippen MR) is 76.1 cm³/mol. The van der Waals surface area contributed by atoms with Gasteiger partial charge in [-0.1, -0.05) is 6.92 Å². The third-order valence-electron chi connectivity index (χ3n) is 3.94. The minimum Gasteiger partial charge on any atom is -0.356 e. The van der Waals surface area contributed by atoms with Gasteiger partial charge in [0, 0.05) is 51.9 Å². The number of nitrogens with one attached hydrogen (secondary N) is 2. The molecule has 2 N–H and O–H groups in total. The van der Waals surface area contributed by atoms with Gasteiger partial charge in [-0.15, -0.1) is 0 Å². The summed E-state index contributed by atoms with van der Waals surface area (Å²) in [5, 5.41) is 6.73. The van der Waals surface area contributed by atoms with E-state index in [4.69, 9.17) is 0 Å². The van der Waals surface area contributed by atoms with Crippen LogP contribution < -0.4 is 10.6 Å². The second-order valence-corrected chi connectivity index (χ2v) is 5.21. The third kappa shape index (κ3) is 3.85. The van der Waals surface area contributed by atoms with Gasteiger partial charge in [0.25, 0.3) is 0 Å². The van der Waals surface area contributed by atoms with E-state index in [0.717, 1.165) is 32.0 Å². The molecule has 18 heavy (non-hydrogen) atoms. The molecular weight excluding hydrogens is 226 g/mol. The zero-order valence-corrected chi connectivity index (χ0v) is 11.8. The van der Waals surface area contributed by atoms with Crippen molar-refractivity contribution < 1.29 is 0 Å². The van der Waals surface area contributed by atoms with Crippen LogP contribution in [0.3, 0.4) is 0 Å². The van der Waals surface area contributed by atoms with Gasteiger partial charge in [0.1, 0.15) is 0 Å². The number of hydrogen-bond acceptors (Lipinski definition) is 5. The highest BCUT2D eigenvalue weighted by atomic mass is 15.3. The molecule has 5 heteroatoms. The Kier molecular flexibility index (Phi) is 5.26. The van der Waals surface area contributed by atoms with Gasteiger partial charge in [-0.2, -0.15) is 0 Å². The normalized spacial score (nSPS) is 24.2. The first-order chi connectivity index (χ1) is 8.79. The van der Waals surface area contributed by atoms with Crippen molar-refractivity contribution in [2.75, 3.05) is 52.4 Å². The zero-order chi connectivity index (χ0) is 12.8. The maximum absolute atomic E-state index is 4.44. The number of likely N-dealkylation sites (N-methyl/N-ethyl adjacent to an activating group) is 1. The first-order valence-electron chi connectivity index (χ1n) is 7.28. The number of guanidine groups is 1. The highest BCUT2D eigenvalue weighted by Crippen LogP contribution is 2.05. The Morgan fingerprint density at radius 3 is 2.72 bits per heavy atom. The van der Waals surface area contributed by atoms with Crippen molar-refractivity contribution in [2.45, 2.75) is 26.3 Å². The van der Waals surface area contributed by atoms with Gasteiger partial charge in [0.05, 0.1) is 0 Å². The summed E-state index contributed by atoms with van der Waals surface area (Å²) in [4.78, 5) is 9.53. The minimum atomic E-state index is 0.579. The highest BCUT2D eigenvalue weighted by molar-refractivity contribution is 5.80. The Morgan fingerprint density at radius 2 is 2.11 bits per heavy atom. The average Bonchev–Trinajstić information content (AvgIpc) is 2.46. The second kappa shape index (κ2) is 6.95. The van der Waals surface area contributed by atoms with Crippen LogP contribution in [-0.2, 0) is 0 Å². The van der Waals surface area contributed by atoms with Crippen molar-refractivity contribution in [1.82, 2.24) is 20.4 Å². The Hall–Kier alpha value is -0.810. The van der Waals surface area contributed by atoms with Crippen LogP contribution in [0, 0.1) is 0 Å². The Morgan fingerprint density at radius 1 is 1.33 bits per heavy atom. The van der Waals surface area contributed by atoms with E-state index in [1.54, 1.807) is 0 Å². The van der Waals surface area contributed by atoms with E-state index in [9.17, 15) is 0 Å². The SMILES string of the molecule is CCN1CCN(C(C)CNC2=NCCCN2)CC1. The van der Waals surface area contributed by atoms with Crippen LogP contribution in [0.1, 0.15) is 20.3 Å². The topological polar surface area (TPSA) is 42.9 Å². The van der Waals surface area contributed by atoms with Crippen molar-refractivity contribution in [2.24, 2.45) is 4.99 Å². The maximum atomic E-state index is 4.44. The Bertz CT molecular complexity index is 271. The molecule has 0 radical (unpaired) electrons. The smallest absolute Gasteiger partial charge is 0.191 e. The van der Waals surface area contributed by atoms with Crippen molar-refractivity contribution in [3.8, 4) is 0 Å². The second-order valence-electron chi connectivity index (χ2n) is 5.21. The number of rotatable bonds is 4. The summed E-state index contributed by atoms with van der Waals surface area (Å²) in [7, 11) is 0. The molecule has 2 aliphatic rings. The third-order valence-corrected chi connectivity index (χ3v) is 3.94. The largest absolute Gasteiger partial charge is 0.356 e. The molecule has 2 aliphatic heterocycles. The molecule has 0 aliphatic carbocycles. The minimum absolute atomic E-state index is 0.579. The molecular formula is C13H27N5. The molecule has 104 valence electrons. The molecule has 2 heterocycles. The lowest BCUT2D eigenvalue weighted by molar-refractivity contribution is 0.107. The molecule has 1 fully saturated rings. The molecule has 0 spiro atoms. The van der Waals surface area contributed by atoms with Crippen molar-refractivity contribution in [3.05, 3.63) is 0 Å². The summed E-state index contributed by atoms with van der Waals surface area (Å²) in [5.41, 5.74) is 0. The van der Waals surface area contributed by atoms with E-state index in [1.807, 2.05) is 0 Å². The molecule has 0 bridgehead atoms. The van der Waals surface area contributed by atoms with Gasteiger partial charge >= 0.3 is 0 Å². The van der Waals surface area contributed by atoms with E-state index in [-0.39, 0.29) is 0 Å². The molecule has 0 aromatic rings. The standard InChI is InChI=1S/C13H27N5/c1-3-17-7-9-18(10-8-17)12(2)11-16-13-14-5-4-6-15-13/h12H,3-11H2,1-2H3,(H2,14,15,16). The van der Waals surface area contributed by atoms with Crippen LogP contribution in [0.4, 0.5) is 0 Å². The molecule has 0 aromatic carbocycles. The fraction of sp³-hybridized carbons (Fsp3) is 0.923. The van der Waals surface area contributed by atoms with E-state index in [1.165, 1.54) is 32.7 Å². The fourth-order valence-corrected chi connectivity index (χ4v) is 2.54. The summed E-state index contributed by atoms with van der Waals surface area (Å²) in [6.45, 7) is 13.5. The molecule has 0 aromatic heterocycles. The van der Waals surface area contributed by atoms with Gasteiger partial charge in [-0.05, 0) is 19.9 Å². The maximum Gasteiger partial charge on any atom is 0.191 e. The molecule has 5 nitrogen and oxygen atoms in total. The summed E-state index contributed by atoms with van der Waals surface area (Å²) < 4.78 is 0. The van der Waals surface area contributed by atoms with Gasteiger partial charge in [-0.3, -0.25) is 9.89 Å². The first kappa shape index (κ1) is 13.6. The van der Waals surface area contributed by atoms with Gasteiger partial charge in [-0.25, -0.2) is 0 Å². The molecule has 1 atom stereocenters. The lowest BCUT2D eigenvalue weighted by Gasteiger charge is -2.37. The fourth-order valence-electron chi connectivity index (χ4n) is 2.54. The van der Waals surface area contributed by atoms with Crippen LogP contribution in [-0.4, -0.2) is 74.2 Å². The zero-order valence-electron chi connectivity index (χ0n) is 11.8. The van der Waals surface area contributed by atoms with Crippen molar-refractivity contribution in [1.29, 1.82) is 0 Å². The Labute approximate surface area is 111 Å². The summed E-state index contributed by atoms with van der Waals surface area (Å²) >= 11 is 0. The number of piperazine rings is 1. The lowest BCUT2D eigenvalue weighted by Crippen LogP contribution is -2.53. The number of nitrogens with zero attached hydrogens (tertiary/aromatic N) is 3. The van der Waals surface area contributed by atoms with E-state index >= 15 is 0 Å². The average molecular weight is 253 g/mol. The van der Waals surface area contributed by atoms with Crippen LogP contribution in [0.2, 0.25) is 0 Å². The number of hydrogen-bond donors (Lipinski definition) is 2. The van der Waals surface area contributed by atoms with E-state index in [0.29, 0.717) is 6.04 Å². The van der Waals surface area contributed by atoms with Gasteiger partial charge in [0.2, 0.25) is 0 Å². The number of aliphatic imine (C=N–C) groups is 1. The van der Waals surface area contributed by atoms with Crippen LogP contribution in [0.15, 0.2) is 4.99 Å². The molecule has 0 amide bonds. The quantitative estimate of drug-likeness (QED) is 0.737. The van der Waals surface area contributed by atoms with Gasteiger partial charge < -0.3 is 15.5 Å². The van der Waals surface area contributed by atoms with E-state index in [2.05, 4.69) is 39.3 Å². The van der Waals surface area contributed by atoms with Crippen LogP contribution in [0.25, 0.3) is 0 Å². The predicted octanol–water partition coefficient (Wildman–Crippen LogP) is -0.0487. The van der Waals surface area contributed by atoms with Gasteiger partial charge in [0.15, 0.2) is 5.96 Å². The lowest BCUT2D eigenvalue weighted by atomic mass is 10.2. The van der Waals surface area contributed by atoms with Crippen LogP contribution in [0.5, 0.6) is 0 Å². The Balaban J connectivity index is 1.68. The summed E-state index contributed by atoms with van der Waals surface area (Å²) in [6.07, 6.45) is 1.15. The monoisotopic (exact) mass is 253 g/mol. The first-order valence-corrected chi connectivity index (χ1v) is 7.28. The summed E-state index contributed by atoms with van der Waals surface area (Å²) in [5.74, 6) is 0.986. The van der Waals surface area contributed by atoms with Crippen molar-refractivity contribution >= 4 is 5.96 Å².